The zero-order chi connectivity index (χ0) is 13.7. The first kappa shape index (κ1) is 15.4. The van der Waals surface area contributed by atoms with E-state index in [2.05, 4.69) is 15.9 Å². The number of hydrogen-bond donors (Lipinski definition) is 0. The van der Waals surface area contributed by atoms with E-state index in [0.717, 1.165) is 0 Å². The molecule has 0 bridgehead atoms. The highest BCUT2D eigenvalue weighted by Gasteiger charge is 2.18. The SMILES string of the molecule is COCC(Cl)CN(C)C(=O)c1ccc(Br)cc1F. The predicted molar refractivity (Wildman–Crippen MR) is 72.6 cm³/mol. The van der Waals surface area contributed by atoms with Crippen LogP contribution >= 0.6 is 27.5 Å². The maximum absolute atomic E-state index is 13.6. The molecule has 1 aromatic rings. The van der Waals surface area contributed by atoms with Crippen LogP contribution in [0.15, 0.2) is 22.7 Å². The molecule has 1 unspecified atom stereocenters. The van der Waals surface area contributed by atoms with E-state index in [0.29, 0.717) is 17.6 Å². The number of benzene rings is 1. The Morgan fingerprint density at radius 2 is 2.28 bits per heavy atom. The summed E-state index contributed by atoms with van der Waals surface area (Å²) in [5.41, 5.74) is 0.0296. The van der Waals surface area contributed by atoms with Gasteiger partial charge < -0.3 is 9.64 Å². The van der Waals surface area contributed by atoms with Crippen molar-refractivity contribution in [2.24, 2.45) is 0 Å². The molecule has 18 heavy (non-hydrogen) atoms. The first-order valence-electron chi connectivity index (χ1n) is 5.29. The Bertz CT molecular complexity index is 431. The maximum atomic E-state index is 13.6. The molecule has 1 aromatic carbocycles. The largest absolute Gasteiger partial charge is 0.383 e. The Kier molecular flexibility index (Phi) is 6.05. The third-order valence-electron chi connectivity index (χ3n) is 2.33. The molecule has 3 nitrogen and oxygen atoms in total. The number of methoxy groups -OCH3 is 1. The van der Waals surface area contributed by atoms with Crippen molar-refractivity contribution in [3.8, 4) is 0 Å². The molecule has 6 heteroatoms. The fraction of sp³-hybridized carbons (Fsp3) is 0.417. The summed E-state index contributed by atoms with van der Waals surface area (Å²) in [6.45, 7) is 0.631. The van der Waals surface area contributed by atoms with E-state index >= 15 is 0 Å². The Morgan fingerprint density at radius 3 is 2.83 bits per heavy atom. The van der Waals surface area contributed by atoms with Crippen LogP contribution in [0.25, 0.3) is 0 Å². The van der Waals surface area contributed by atoms with Crippen molar-refractivity contribution in [2.75, 3.05) is 27.3 Å². The molecule has 0 radical (unpaired) electrons. The van der Waals surface area contributed by atoms with Gasteiger partial charge in [-0.2, -0.15) is 0 Å². The fourth-order valence-electron chi connectivity index (χ4n) is 1.48. The average molecular weight is 339 g/mol. The van der Waals surface area contributed by atoms with Crippen LogP contribution in [0.5, 0.6) is 0 Å². The predicted octanol–water partition coefficient (Wildman–Crippen LogP) is 2.91. The van der Waals surface area contributed by atoms with E-state index in [-0.39, 0.29) is 10.9 Å². The second kappa shape index (κ2) is 7.07. The number of halogens is 3. The summed E-state index contributed by atoms with van der Waals surface area (Å²) in [5, 5.41) is -0.317. The topological polar surface area (TPSA) is 29.5 Å². The number of carbonyl (C=O) groups excluding carboxylic acids is 1. The third kappa shape index (κ3) is 4.23. The quantitative estimate of drug-likeness (QED) is 0.773. The van der Waals surface area contributed by atoms with Gasteiger partial charge in [0.25, 0.3) is 5.91 Å². The summed E-state index contributed by atoms with van der Waals surface area (Å²) in [7, 11) is 3.11. The van der Waals surface area contributed by atoms with E-state index < -0.39 is 11.7 Å². The monoisotopic (exact) mass is 337 g/mol. The molecule has 0 N–H and O–H groups in total. The summed E-state index contributed by atoms with van der Waals surface area (Å²) in [6, 6.07) is 4.32. The lowest BCUT2D eigenvalue weighted by atomic mass is 10.2. The van der Waals surface area contributed by atoms with Crippen molar-refractivity contribution in [1.82, 2.24) is 4.90 Å². The lowest BCUT2D eigenvalue weighted by molar-refractivity contribution is 0.0777. The summed E-state index contributed by atoms with van der Waals surface area (Å²) < 4.78 is 19.1. The van der Waals surface area contributed by atoms with Gasteiger partial charge in [-0.1, -0.05) is 15.9 Å². The first-order valence-corrected chi connectivity index (χ1v) is 6.52. The molecule has 0 aromatic heterocycles. The number of nitrogens with zero attached hydrogens (tertiary/aromatic N) is 1. The lowest BCUT2D eigenvalue weighted by Gasteiger charge is -2.20. The molecule has 0 fully saturated rings. The van der Waals surface area contributed by atoms with Gasteiger partial charge in [0.1, 0.15) is 5.82 Å². The van der Waals surface area contributed by atoms with Crippen LogP contribution in [0, 0.1) is 5.82 Å². The Labute approximate surface area is 119 Å². The lowest BCUT2D eigenvalue weighted by Crippen LogP contribution is -2.34. The van der Waals surface area contributed by atoms with Crippen LogP contribution in [-0.4, -0.2) is 43.5 Å². The van der Waals surface area contributed by atoms with E-state index in [1.807, 2.05) is 0 Å². The van der Waals surface area contributed by atoms with Gasteiger partial charge in [0.2, 0.25) is 0 Å². The van der Waals surface area contributed by atoms with Gasteiger partial charge in [0.05, 0.1) is 17.5 Å². The minimum atomic E-state index is -0.556. The Morgan fingerprint density at radius 1 is 1.61 bits per heavy atom. The molecule has 0 spiro atoms. The normalized spacial score (nSPS) is 12.3. The van der Waals surface area contributed by atoms with Crippen molar-refractivity contribution < 1.29 is 13.9 Å². The van der Waals surface area contributed by atoms with Crippen LogP contribution in [-0.2, 0) is 4.74 Å². The van der Waals surface area contributed by atoms with Crippen molar-refractivity contribution in [1.29, 1.82) is 0 Å². The van der Waals surface area contributed by atoms with Crippen molar-refractivity contribution in [2.45, 2.75) is 5.38 Å². The van der Waals surface area contributed by atoms with Gasteiger partial charge in [-0.15, -0.1) is 11.6 Å². The van der Waals surface area contributed by atoms with Crippen molar-refractivity contribution in [3.05, 3.63) is 34.1 Å². The van der Waals surface area contributed by atoms with Gasteiger partial charge in [-0.3, -0.25) is 4.79 Å². The second-order valence-electron chi connectivity index (χ2n) is 3.86. The highest BCUT2D eigenvalue weighted by atomic mass is 79.9. The number of carbonyl (C=O) groups is 1. The van der Waals surface area contributed by atoms with Crippen LogP contribution in [0.2, 0.25) is 0 Å². The summed E-state index contributed by atoms with van der Waals surface area (Å²) in [4.78, 5) is 13.4. The van der Waals surface area contributed by atoms with Crippen molar-refractivity contribution >= 4 is 33.4 Å². The highest BCUT2D eigenvalue weighted by molar-refractivity contribution is 9.10. The minimum Gasteiger partial charge on any atom is -0.383 e. The van der Waals surface area contributed by atoms with Gasteiger partial charge in [0.15, 0.2) is 0 Å². The summed E-state index contributed by atoms with van der Waals surface area (Å²) in [5.74, 6) is -0.958. The summed E-state index contributed by atoms with van der Waals surface area (Å²) in [6.07, 6.45) is 0. The van der Waals surface area contributed by atoms with Gasteiger partial charge in [0, 0.05) is 25.2 Å². The molecular weight excluding hydrogens is 324 g/mol. The molecular formula is C12H14BrClFNO2. The Balaban J connectivity index is 2.74. The number of amides is 1. The molecule has 100 valence electrons. The molecule has 1 amide bonds. The Hall–Kier alpha value is -0.650. The van der Waals surface area contributed by atoms with Crippen LogP contribution in [0.1, 0.15) is 10.4 Å². The molecule has 0 aliphatic carbocycles. The third-order valence-corrected chi connectivity index (χ3v) is 3.08. The molecule has 1 rings (SSSR count). The molecule has 0 saturated heterocycles. The summed E-state index contributed by atoms with van der Waals surface area (Å²) >= 11 is 9.09. The first-order chi connectivity index (χ1) is 8.45. The molecule has 0 aliphatic heterocycles. The maximum Gasteiger partial charge on any atom is 0.256 e. The van der Waals surface area contributed by atoms with Crippen LogP contribution in [0.3, 0.4) is 0 Å². The number of ether oxygens (including phenoxy) is 1. The van der Waals surface area contributed by atoms with E-state index in [1.54, 1.807) is 13.1 Å². The number of rotatable bonds is 5. The van der Waals surface area contributed by atoms with Crippen LogP contribution in [0.4, 0.5) is 4.39 Å². The smallest absolute Gasteiger partial charge is 0.256 e. The van der Waals surface area contributed by atoms with Gasteiger partial charge >= 0.3 is 0 Å². The number of hydrogen-bond acceptors (Lipinski definition) is 2. The average Bonchev–Trinajstić information content (AvgIpc) is 2.28. The minimum absolute atomic E-state index is 0.0296. The van der Waals surface area contributed by atoms with E-state index in [9.17, 15) is 9.18 Å². The second-order valence-corrected chi connectivity index (χ2v) is 5.40. The standard InChI is InChI=1S/C12H14BrClFNO2/c1-16(6-9(14)7-18-2)12(17)10-4-3-8(13)5-11(10)15/h3-5,9H,6-7H2,1-2H3. The molecule has 0 heterocycles. The highest BCUT2D eigenvalue weighted by Crippen LogP contribution is 2.17. The molecule has 1 atom stereocenters. The number of alkyl halides is 1. The van der Waals surface area contributed by atoms with E-state index in [1.165, 1.54) is 24.1 Å². The van der Waals surface area contributed by atoms with Crippen molar-refractivity contribution in [3.63, 3.8) is 0 Å². The molecule has 0 aliphatic rings. The molecule has 0 saturated carbocycles. The van der Waals surface area contributed by atoms with E-state index in [4.69, 9.17) is 16.3 Å². The van der Waals surface area contributed by atoms with Gasteiger partial charge in [-0.25, -0.2) is 4.39 Å². The zero-order valence-electron chi connectivity index (χ0n) is 10.1. The van der Waals surface area contributed by atoms with Crippen LogP contribution < -0.4 is 0 Å². The zero-order valence-corrected chi connectivity index (χ0v) is 12.5. The fourth-order valence-corrected chi connectivity index (χ4v) is 2.15. The van der Waals surface area contributed by atoms with Gasteiger partial charge in [-0.05, 0) is 18.2 Å².